The van der Waals surface area contributed by atoms with Crippen molar-refractivity contribution in [2.75, 3.05) is 6.61 Å². The number of benzene rings is 1. The number of hydrogen-bond acceptors (Lipinski definition) is 6. The highest BCUT2D eigenvalue weighted by Gasteiger charge is 2.16. The van der Waals surface area contributed by atoms with Gasteiger partial charge >= 0.3 is 5.69 Å². The number of aliphatic hydroxyl groups excluding tert-OH is 1. The van der Waals surface area contributed by atoms with Gasteiger partial charge in [0.15, 0.2) is 0 Å². The van der Waals surface area contributed by atoms with E-state index >= 15 is 0 Å². The summed E-state index contributed by atoms with van der Waals surface area (Å²) in [5.74, 6) is 0. The van der Waals surface area contributed by atoms with Crippen molar-refractivity contribution in [1.82, 2.24) is 14.8 Å². The molecule has 0 radical (unpaired) electrons. The molecule has 0 aliphatic rings. The molecule has 1 heterocycles. The van der Waals surface area contributed by atoms with Crippen molar-refractivity contribution in [2.24, 2.45) is 0 Å². The third-order valence-electron chi connectivity index (χ3n) is 2.82. The molecule has 2 N–H and O–H groups in total. The Balaban J connectivity index is 2.45. The maximum absolute atomic E-state index is 11.7. The van der Waals surface area contributed by atoms with Crippen LogP contribution in [0.1, 0.15) is 11.3 Å². The number of nitro groups is 1. The van der Waals surface area contributed by atoms with E-state index in [0.717, 1.165) is 4.68 Å². The average molecular weight is 292 g/mol. The quantitative estimate of drug-likeness (QED) is 0.560. The van der Waals surface area contributed by atoms with Crippen LogP contribution in [0.25, 0.3) is 0 Å². The summed E-state index contributed by atoms with van der Waals surface area (Å²) < 4.78 is 0.908. The van der Waals surface area contributed by atoms with E-state index < -0.39 is 16.2 Å². The fourth-order valence-corrected chi connectivity index (χ4v) is 1.85. The van der Waals surface area contributed by atoms with Gasteiger partial charge in [-0.25, -0.2) is 9.48 Å². The van der Waals surface area contributed by atoms with Crippen LogP contribution in [0, 0.1) is 10.1 Å². The van der Waals surface area contributed by atoms with Gasteiger partial charge in [-0.3, -0.25) is 19.9 Å². The van der Waals surface area contributed by atoms with Crippen LogP contribution >= 0.6 is 0 Å². The Bertz CT molecular complexity index is 780. The Hall–Kier alpha value is -2.81. The van der Waals surface area contributed by atoms with Crippen LogP contribution in [0.2, 0.25) is 0 Å². The van der Waals surface area contributed by atoms with Crippen molar-refractivity contribution in [3.05, 3.63) is 66.5 Å². The fourth-order valence-electron chi connectivity index (χ4n) is 1.85. The predicted octanol–water partition coefficient (Wildman–Crippen LogP) is -0.577. The second-order valence-corrected chi connectivity index (χ2v) is 4.22. The van der Waals surface area contributed by atoms with Gasteiger partial charge in [-0.2, -0.15) is 5.10 Å². The number of nitrogens with one attached hydrogen (secondary N) is 1. The number of hydrogen-bond donors (Lipinski definition) is 2. The van der Waals surface area contributed by atoms with E-state index in [4.69, 9.17) is 5.11 Å². The summed E-state index contributed by atoms with van der Waals surface area (Å²) in [4.78, 5) is 35.6. The van der Waals surface area contributed by atoms with Gasteiger partial charge in [0.2, 0.25) is 0 Å². The Morgan fingerprint density at radius 1 is 1.33 bits per heavy atom. The number of nitrogens with zero attached hydrogens (tertiary/aromatic N) is 3. The zero-order valence-electron chi connectivity index (χ0n) is 10.9. The van der Waals surface area contributed by atoms with Crippen molar-refractivity contribution in [3.8, 4) is 0 Å². The van der Waals surface area contributed by atoms with Crippen molar-refractivity contribution in [2.45, 2.75) is 13.0 Å². The molecule has 0 fully saturated rings. The zero-order valence-corrected chi connectivity index (χ0v) is 10.9. The van der Waals surface area contributed by atoms with E-state index in [-0.39, 0.29) is 31.0 Å². The smallest absolute Gasteiger partial charge is 0.344 e. The number of rotatable bonds is 5. The largest absolute Gasteiger partial charge is 0.394 e. The summed E-state index contributed by atoms with van der Waals surface area (Å²) in [6, 6.07) is 5.97. The third kappa shape index (κ3) is 3.20. The molecule has 110 valence electrons. The Morgan fingerprint density at radius 2 is 2.05 bits per heavy atom. The Labute approximate surface area is 117 Å². The second-order valence-electron chi connectivity index (χ2n) is 4.22. The summed E-state index contributed by atoms with van der Waals surface area (Å²) in [5, 5.41) is 23.6. The van der Waals surface area contributed by atoms with Gasteiger partial charge < -0.3 is 5.11 Å². The first-order chi connectivity index (χ1) is 10.0. The van der Waals surface area contributed by atoms with E-state index in [0.29, 0.717) is 5.56 Å². The standard InChI is InChI=1S/C12H12N4O5/c17-6-5-15-12(19)13-11(18)9(14-15)7-8-3-1-2-4-10(8)16(20)21/h1-4,17H,5-7H2,(H,13,18,19). The lowest BCUT2D eigenvalue weighted by molar-refractivity contribution is -0.385. The monoisotopic (exact) mass is 292 g/mol. The summed E-state index contributed by atoms with van der Waals surface area (Å²) in [6.07, 6.45) is -0.0851. The normalized spacial score (nSPS) is 10.5. The van der Waals surface area contributed by atoms with E-state index in [2.05, 4.69) is 10.1 Å². The summed E-state index contributed by atoms with van der Waals surface area (Å²) in [5.41, 5.74) is -1.28. The molecule has 0 saturated heterocycles. The molecule has 0 atom stereocenters. The second kappa shape index (κ2) is 6.09. The Morgan fingerprint density at radius 3 is 2.71 bits per heavy atom. The molecule has 2 aromatic rings. The van der Waals surface area contributed by atoms with Gasteiger partial charge in [-0.1, -0.05) is 18.2 Å². The molecule has 0 saturated carbocycles. The summed E-state index contributed by atoms with van der Waals surface area (Å²) in [6.45, 7) is -0.386. The minimum absolute atomic E-state index is 0.0302. The highest BCUT2D eigenvalue weighted by atomic mass is 16.6. The number of aliphatic hydroxyl groups is 1. The molecule has 9 heteroatoms. The number of H-pyrrole nitrogens is 1. The van der Waals surface area contributed by atoms with Crippen LogP contribution in [-0.2, 0) is 13.0 Å². The Kier molecular flexibility index (Phi) is 4.24. The molecular formula is C12H12N4O5. The van der Waals surface area contributed by atoms with Crippen molar-refractivity contribution in [3.63, 3.8) is 0 Å². The van der Waals surface area contributed by atoms with E-state index in [1.54, 1.807) is 6.07 Å². The lowest BCUT2D eigenvalue weighted by Crippen LogP contribution is -2.35. The summed E-state index contributed by atoms with van der Waals surface area (Å²) >= 11 is 0. The van der Waals surface area contributed by atoms with Crippen LogP contribution in [-0.4, -0.2) is 31.4 Å². The lowest BCUT2D eigenvalue weighted by Gasteiger charge is -2.05. The molecule has 0 unspecified atom stereocenters. The number of para-hydroxylation sites is 1. The topological polar surface area (TPSA) is 131 Å². The minimum atomic E-state index is -0.736. The van der Waals surface area contributed by atoms with Gasteiger partial charge in [0, 0.05) is 18.1 Å². The summed E-state index contributed by atoms with van der Waals surface area (Å²) in [7, 11) is 0. The predicted molar refractivity (Wildman–Crippen MR) is 72.1 cm³/mol. The minimum Gasteiger partial charge on any atom is -0.394 e. The zero-order chi connectivity index (χ0) is 15.4. The van der Waals surface area contributed by atoms with Crippen LogP contribution in [0.5, 0.6) is 0 Å². The molecule has 0 spiro atoms. The molecule has 21 heavy (non-hydrogen) atoms. The first kappa shape index (κ1) is 14.6. The first-order valence-corrected chi connectivity index (χ1v) is 6.06. The highest BCUT2D eigenvalue weighted by molar-refractivity contribution is 5.41. The molecule has 2 rings (SSSR count). The fraction of sp³-hybridized carbons (Fsp3) is 0.250. The molecule has 9 nitrogen and oxygen atoms in total. The molecule has 1 aromatic heterocycles. The van der Waals surface area contributed by atoms with Crippen molar-refractivity contribution >= 4 is 5.69 Å². The van der Waals surface area contributed by atoms with Crippen LogP contribution < -0.4 is 11.2 Å². The van der Waals surface area contributed by atoms with Gasteiger partial charge in [0.1, 0.15) is 5.69 Å². The van der Waals surface area contributed by atoms with Gasteiger partial charge in [-0.15, -0.1) is 0 Å². The molecule has 0 bridgehead atoms. The van der Waals surface area contributed by atoms with Gasteiger partial charge in [0.25, 0.3) is 11.2 Å². The first-order valence-electron chi connectivity index (χ1n) is 6.06. The van der Waals surface area contributed by atoms with Gasteiger partial charge in [0.05, 0.1) is 18.1 Å². The molecule has 0 amide bonds. The van der Waals surface area contributed by atoms with E-state index in [1.807, 2.05) is 0 Å². The SMILES string of the molecule is O=c1[nH]c(=O)n(CCO)nc1Cc1ccccc1[N+](=O)[O-]. The number of nitro benzene ring substituents is 1. The molecule has 0 aliphatic heterocycles. The van der Waals surface area contributed by atoms with Crippen LogP contribution in [0.3, 0.4) is 0 Å². The van der Waals surface area contributed by atoms with Crippen molar-refractivity contribution in [1.29, 1.82) is 0 Å². The maximum Gasteiger partial charge on any atom is 0.344 e. The third-order valence-corrected chi connectivity index (χ3v) is 2.82. The maximum atomic E-state index is 11.7. The number of aromatic amines is 1. The highest BCUT2D eigenvalue weighted by Crippen LogP contribution is 2.19. The lowest BCUT2D eigenvalue weighted by atomic mass is 10.1. The van der Waals surface area contributed by atoms with Crippen LogP contribution in [0.15, 0.2) is 33.9 Å². The van der Waals surface area contributed by atoms with E-state index in [1.165, 1.54) is 18.2 Å². The molecular weight excluding hydrogens is 280 g/mol. The number of aromatic nitrogens is 3. The van der Waals surface area contributed by atoms with Crippen molar-refractivity contribution < 1.29 is 10.0 Å². The van der Waals surface area contributed by atoms with E-state index in [9.17, 15) is 19.7 Å². The molecule has 0 aliphatic carbocycles. The average Bonchev–Trinajstić information content (AvgIpc) is 2.44. The molecule has 1 aromatic carbocycles. The van der Waals surface area contributed by atoms with Gasteiger partial charge in [-0.05, 0) is 0 Å². The van der Waals surface area contributed by atoms with Crippen LogP contribution in [0.4, 0.5) is 5.69 Å².